The molecule has 0 radical (unpaired) electrons. The van der Waals surface area contributed by atoms with E-state index in [0.29, 0.717) is 5.17 Å². The van der Waals surface area contributed by atoms with Gasteiger partial charge in [-0.25, -0.2) is 0 Å². The molecule has 0 amide bonds. The Kier molecular flexibility index (Phi) is 9.82. The zero-order valence-electron chi connectivity index (χ0n) is 12.9. The average Bonchev–Trinajstić information content (AvgIpc) is 2.83. The number of halogens is 1. The number of hydrogen-bond acceptors (Lipinski definition) is 4. The van der Waals surface area contributed by atoms with Crippen LogP contribution in [0.4, 0.5) is 0 Å². The Bertz CT molecular complexity index is 514. The summed E-state index contributed by atoms with van der Waals surface area (Å²) in [6.07, 6.45) is 4.96. The molecule has 1 aliphatic rings. The van der Waals surface area contributed by atoms with Crippen molar-refractivity contribution in [1.82, 2.24) is 9.88 Å². The number of likely N-dealkylation sites (tertiary alicyclic amines) is 1. The molecule has 0 atom stereocenters. The number of aromatic nitrogens is 1. The van der Waals surface area contributed by atoms with Crippen LogP contribution in [0.3, 0.4) is 0 Å². The first-order valence-corrected chi connectivity index (χ1v) is 9.68. The molecule has 0 unspecified atom stereocenters. The summed E-state index contributed by atoms with van der Waals surface area (Å²) in [7, 11) is 4.49. The van der Waals surface area contributed by atoms with E-state index < -0.39 is 0 Å². The van der Waals surface area contributed by atoms with Crippen LogP contribution in [0.25, 0.3) is 0 Å². The van der Waals surface area contributed by atoms with Gasteiger partial charge in [0.2, 0.25) is 0 Å². The molecule has 1 aromatic heterocycles. The van der Waals surface area contributed by atoms with Gasteiger partial charge in [0.1, 0.15) is 0 Å². The van der Waals surface area contributed by atoms with Crippen molar-refractivity contribution in [3.63, 3.8) is 0 Å². The summed E-state index contributed by atoms with van der Waals surface area (Å²) in [5, 5.41) is 9.03. The van der Waals surface area contributed by atoms with Crippen molar-refractivity contribution in [3.8, 4) is 0 Å². The number of rotatable bonds is 2. The quantitative estimate of drug-likeness (QED) is 0.236. The zero-order valence-corrected chi connectivity index (χ0v) is 16.0. The van der Waals surface area contributed by atoms with E-state index in [2.05, 4.69) is 47.8 Å². The molecule has 22 heavy (non-hydrogen) atoms. The second-order valence-electron chi connectivity index (χ2n) is 5.13. The van der Waals surface area contributed by atoms with Crippen LogP contribution >= 0.6 is 9.53 Å². The molecule has 1 aliphatic heterocycles. The first-order chi connectivity index (χ1) is 10.7. The van der Waals surface area contributed by atoms with Gasteiger partial charge in [-0.05, 0) is 38.8 Å². The topological polar surface area (TPSA) is 40.9 Å². The third-order valence-corrected chi connectivity index (χ3v) is 3.76. The van der Waals surface area contributed by atoms with Gasteiger partial charge in [-0.2, -0.15) is 10.2 Å². The van der Waals surface area contributed by atoms with E-state index in [0.717, 1.165) is 30.2 Å². The zero-order chi connectivity index (χ0) is 16.4. The summed E-state index contributed by atoms with van der Waals surface area (Å²) in [5.74, 6) is 0. The Morgan fingerprint density at radius 3 is 2.41 bits per heavy atom. The maximum atomic E-state index is 5.36. The fourth-order valence-electron chi connectivity index (χ4n) is 2.24. The Morgan fingerprint density at radius 1 is 1.18 bits per heavy atom. The third-order valence-electron chi connectivity index (χ3n) is 3.42. The SMILES string of the molecule is C/C(=N\N=C(/[S-])N1CCCCCC1)c1cccc(C)n1.[Cl][Pd+]. The summed E-state index contributed by atoms with van der Waals surface area (Å²) < 4.78 is 0. The van der Waals surface area contributed by atoms with Gasteiger partial charge in [-0.3, -0.25) is 4.98 Å². The molecular formula is C15H21ClN4PdS. The Labute approximate surface area is 153 Å². The van der Waals surface area contributed by atoms with Crippen molar-refractivity contribution in [2.24, 2.45) is 10.2 Å². The van der Waals surface area contributed by atoms with Crippen LogP contribution in [-0.4, -0.2) is 33.9 Å². The van der Waals surface area contributed by atoms with Crippen molar-refractivity contribution in [2.75, 3.05) is 13.1 Å². The van der Waals surface area contributed by atoms with Crippen molar-refractivity contribution in [3.05, 3.63) is 29.6 Å². The van der Waals surface area contributed by atoms with Crippen LogP contribution < -0.4 is 0 Å². The molecule has 1 fully saturated rings. The van der Waals surface area contributed by atoms with Crippen LogP contribution in [0.15, 0.2) is 28.4 Å². The van der Waals surface area contributed by atoms with Gasteiger partial charge >= 0.3 is 27.7 Å². The Hall–Kier alpha value is -0.538. The fraction of sp³-hybridized carbons (Fsp3) is 0.533. The van der Waals surface area contributed by atoms with Gasteiger partial charge in [-0.1, -0.05) is 18.9 Å². The summed E-state index contributed by atoms with van der Waals surface area (Å²) in [6, 6.07) is 5.88. The summed E-state index contributed by atoms with van der Waals surface area (Å²) >= 11 is 7.58. The van der Waals surface area contributed by atoms with E-state index in [4.69, 9.17) is 12.6 Å². The van der Waals surface area contributed by atoms with Gasteiger partial charge in [0.15, 0.2) is 0 Å². The molecule has 0 aromatic carbocycles. The van der Waals surface area contributed by atoms with Gasteiger partial charge in [0, 0.05) is 24.0 Å². The number of aryl methyl sites for hydroxylation is 1. The van der Waals surface area contributed by atoms with Gasteiger partial charge < -0.3 is 17.5 Å². The molecule has 0 aliphatic carbocycles. The number of nitrogens with zero attached hydrogens (tertiary/aromatic N) is 4. The first-order valence-electron chi connectivity index (χ1n) is 7.27. The summed E-state index contributed by atoms with van der Waals surface area (Å²) in [6.45, 7) is 5.88. The number of hydrogen-bond donors (Lipinski definition) is 0. The van der Waals surface area contributed by atoms with E-state index in [1.807, 2.05) is 32.0 Å². The second-order valence-corrected chi connectivity index (χ2v) is 5.50. The molecule has 0 spiro atoms. The van der Waals surface area contributed by atoms with Gasteiger partial charge in [0.25, 0.3) is 0 Å². The molecule has 124 valence electrons. The van der Waals surface area contributed by atoms with Gasteiger partial charge in [-0.15, -0.1) is 0 Å². The standard InChI is InChI=1S/C15H22N4S.ClH.Pd/c1-12-8-7-9-14(16-12)13(2)17-18-15(20)19-10-5-3-4-6-11-19;;/h7-9H,3-6,10-11H2,1-2H3,(H,18,20);1H;/q;;+2/p-2/b17-13+;;. The van der Waals surface area contributed by atoms with E-state index in [1.54, 1.807) is 0 Å². The van der Waals surface area contributed by atoms with E-state index in [1.165, 1.54) is 25.7 Å². The van der Waals surface area contributed by atoms with Gasteiger partial charge in [0.05, 0.1) is 11.4 Å². The summed E-state index contributed by atoms with van der Waals surface area (Å²) in [4.78, 5) is 6.59. The molecule has 2 rings (SSSR count). The van der Waals surface area contributed by atoms with Crippen LogP contribution in [0.2, 0.25) is 0 Å². The molecule has 1 aromatic rings. The second kappa shape index (κ2) is 11.1. The molecule has 2 heterocycles. The van der Waals surface area contributed by atoms with Crippen LogP contribution in [0.1, 0.15) is 44.0 Å². The van der Waals surface area contributed by atoms with Crippen molar-refractivity contribution < 1.29 is 18.2 Å². The normalized spacial score (nSPS) is 16.7. The summed E-state index contributed by atoms with van der Waals surface area (Å²) in [5.41, 5.74) is 2.63. The number of amidine groups is 1. The Morgan fingerprint density at radius 2 is 1.82 bits per heavy atom. The predicted molar refractivity (Wildman–Crippen MR) is 91.9 cm³/mol. The van der Waals surface area contributed by atoms with Crippen molar-refractivity contribution >= 4 is 33.0 Å². The first kappa shape index (κ1) is 19.5. The molecule has 0 saturated carbocycles. The Balaban J connectivity index is 0.00000116. The molecule has 1 saturated heterocycles. The molecule has 7 heteroatoms. The monoisotopic (exact) mass is 430 g/mol. The number of pyridine rings is 1. The van der Waals surface area contributed by atoms with Crippen LogP contribution in [0.5, 0.6) is 0 Å². The minimum absolute atomic E-state index is 0.596. The fourth-order valence-corrected chi connectivity index (χ4v) is 2.46. The van der Waals surface area contributed by atoms with Crippen LogP contribution in [0, 0.1) is 6.92 Å². The molecule has 4 nitrogen and oxygen atoms in total. The molecular weight excluding hydrogens is 410 g/mol. The van der Waals surface area contributed by atoms with E-state index >= 15 is 0 Å². The maximum absolute atomic E-state index is 5.36. The van der Waals surface area contributed by atoms with Crippen molar-refractivity contribution in [1.29, 1.82) is 0 Å². The third kappa shape index (κ3) is 6.70. The molecule has 0 N–H and O–H groups in total. The van der Waals surface area contributed by atoms with E-state index in [-0.39, 0.29) is 0 Å². The van der Waals surface area contributed by atoms with E-state index in [9.17, 15) is 0 Å². The predicted octanol–water partition coefficient (Wildman–Crippen LogP) is 3.58. The minimum atomic E-state index is 0.596. The average molecular weight is 431 g/mol. The van der Waals surface area contributed by atoms with Crippen LogP contribution in [-0.2, 0) is 30.8 Å². The van der Waals surface area contributed by atoms with Crippen molar-refractivity contribution in [2.45, 2.75) is 39.5 Å². The molecule has 0 bridgehead atoms.